The molecule has 1 saturated heterocycles. The standard InChI is InChI=1S/C19H24N6O2/c1-12-10-25(11-13(2)27-12)19-22-17(16-9-20-24(3)18(16)23-19)21-14-6-5-7-15(8-14)26-4/h5-9,12-13H,10-11H2,1-4H3,(H,21,22,23). The molecule has 4 rings (SSSR count). The van der Waals surface area contributed by atoms with Gasteiger partial charge < -0.3 is 19.7 Å². The summed E-state index contributed by atoms with van der Waals surface area (Å²) in [4.78, 5) is 11.7. The van der Waals surface area contributed by atoms with Crippen LogP contribution in [-0.4, -0.2) is 52.2 Å². The molecule has 3 aromatic rings. The van der Waals surface area contributed by atoms with Gasteiger partial charge in [-0.05, 0) is 26.0 Å². The monoisotopic (exact) mass is 368 g/mol. The zero-order valence-corrected chi connectivity index (χ0v) is 16.0. The number of morpholine rings is 1. The number of nitrogens with zero attached hydrogens (tertiary/aromatic N) is 5. The van der Waals surface area contributed by atoms with Gasteiger partial charge >= 0.3 is 0 Å². The van der Waals surface area contributed by atoms with Crippen LogP contribution in [0.3, 0.4) is 0 Å². The van der Waals surface area contributed by atoms with Gasteiger partial charge in [-0.1, -0.05) is 6.07 Å². The van der Waals surface area contributed by atoms with Gasteiger partial charge in [0.25, 0.3) is 0 Å². The van der Waals surface area contributed by atoms with Crippen molar-refractivity contribution < 1.29 is 9.47 Å². The summed E-state index contributed by atoms with van der Waals surface area (Å²) in [5.74, 6) is 2.19. The van der Waals surface area contributed by atoms with Crippen LogP contribution in [0.1, 0.15) is 13.8 Å². The first-order chi connectivity index (χ1) is 13.0. The van der Waals surface area contributed by atoms with Gasteiger partial charge in [-0.15, -0.1) is 0 Å². The minimum Gasteiger partial charge on any atom is -0.497 e. The predicted molar refractivity (Wildman–Crippen MR) is 105 cm³/mol. The zero-order chi connectivity index (χ0) is 19.0. The fraction of sp³-hybridized carbons (Fsp3) is 0.421. The highest BCUT2D eigenvalue weighted by Gasteiger charge is 2.25. The van der Waals surface area contributed by atoms with E-state index in [1.807, 2.05) is 31.3 Å². The van der Waals surface area contributed by atoms with Crippen molar-refractivity contribution in [3.8, 4) is 5.75 Å². The highest BCUT2D eigenvalue weighted by molar-refractivity contribution is 5.89. The smallest absolute Gasteiger partial charge is 0.229 e. The number of nitrogens with one attached hydrogen (secondary N) is 1. The zero-order valence-electron chi connectivity index (χ0n) is 16.0. The largest absolute Gasteiger partial charge is 0.497 e. The molecule has 1 aromatic carbocycles. The number of aryl methyl sites for hydroxylation is 1. The molecule has 1 aliphatic heterocycles. The molecule has 2 atom stereocenters. The lowest BCUT2D eigenvalue weighted by Crippen LogP contribution is -2.46. The van der Waals surface area contributed by atoms with E-state index < -0.39 is 0 Å². The molecule has 142 valence electrons. The second-order valence-electron chi connectivity index (χ2n) is 6.90. The molecule has 0 saturated carbocycles. The molecule has 2 aromatic heterocycles. The van der Waals surface area contributed by atoms with Gasteiger partial charge in [0.15, 0.2) is 5.65 Å². The first kappa shape index (κ1) is 17.5. The molecule has 1 aliphatic rings. The number of benzene rings is 1. The van der Waals surface area contributed by atoms with Crippen LogP contribution < -0.4 is 15.0 Å². The Morgan fingerprint density at radius 3 is 2.70 bits per heavy atom. The third-order valence-corrected chi connectivity index (χ3v) is 4.62. The van der Waals surface area contributed by atoms with Gasteiger partial charge in [-0.2, -0.15) is 15.1 Å². The molecule has 8 nitrogen and oxygen atoms in total. The summed E-state index contributed by atoms with van der Waals surface area (Å²) < 4.78 is 12.9. The van der Waals surface area contributed by atoms with E-state index in [9.17, 15) is 0 Å². The quantitative estimate of drug-likeness (QED) is 0.759. The SMILES string of the molecule is COc1cccc(Nc2nc(N3CC(C)OC(C)C3)nc3c2cnn3C)c1. The molecule has 27 heavy (non-hydrogen) atoms. The highest BCUT2D eigenvalue weighted by Crippen LogP contribution is 2.28. The van der Waals surface area contributed by atoms with Gasteiger partial charge in [-0.25, -0.2) is 0 Å². The van der Waals surface area contributed by atoms with Crippen LogP contribution in [0, 0.1) is 0 Å². The lowest BCUT2D eigenvalue weighted by molar-refractivity contribution is -0.00569. The topological polar surface area (TPSA) is 77.3 Å². The molecule has 0 radical (unpaired) electrons. The molecule has 3 heterocycles. The average molecular weight is 368 g/mol. The van der Waals surface area contributed by atoms with Gasteiger partial charge in [0.05, 0.1) is 30.9 Å². The van der Waals surface area contributed by atoms with E-state index in [0.717, 1.165) is 41.4 Å². The number of aromatic nitrogens is 4. The number of anilines is 3. The van der Waals surface area contributed by atoms with Crippen molar-refractivity contribution in [1.29, 1.82) is 0 Å². The average Bonchev–Trinajstić information content (AvgIpc) is 3.02. The molecule has 1 N–H and O–H groups in total. The number of ether oxygens (including phenoxy) is 2. The predicted octanol–water partition coefficient (Wildman–Crippen LogP) is 2.73. The Hall–Kier alpha value is -2.87. The molecule has 0 amide bonds. The Morgan fingerprint density at radius 2 is 1.96 bits per heavy atom. The highest BCUT2D eigenvalue weighted by atomic mass is 16.5. The maximum Gasteiger partial charge on any atom is 0.229 e. The van der Waals surface area contributed by atoms with Crippen LogP contribution in [0.15, 0.2) is 30.5 Å². The molecule has 0 bridgehead atoms. The van der Waals surface area contributed by atoms with Crippen LogP contribution in [0.5, 0.6) is 5.75 Å². The van der Waals surface area contributed by atoms with Crippen LogP contribution in [0.25, 0.3) is 11.0 Å². The number of hydrogen-bond acceptors (Lipinski definition) is 7. The minimum atomic E-state index is 0.134. The maximum atomic E-state index is 5.84. The molecule has 0 spiro atoms. The number of hydrogen-bond donors (Lipinski definition) is 1. The van der Waals surface area contributed by atoms with Crippen molar-refractivity contribution in [3.63, 3.8) is 0 Å². The van der Waals surface area contributed by atoms with E-state index in [0.29, 0.717) is 5.95 Å². The third-order valence-electron chi connectivity index (χ3n) is 4.62. The second kappa shape index (κ2) is 7.03. The summed E-state index contributed by atoms with van der Waals surface area (Å²) in [6, 6.07) is 7.76. The Bertz CT molecular complexity index is 947. The van der Waals surface area contributed by atoms with E-state index in [4.69, 9.17) is 19.4 Å². The van der Waals surface area contributed by atoms with E-state index in [1.54, 1.807) is 18.0 Å². The molecule has 0 aliphatic carbocycles. The van der Waals surface area contributed by atoms with Crippen molar-refractivity contribution in [2.45, 2.75) is 26.1 Å². The van der Waals surface area contributed by atoms with E-state index >= 15 is 0 Å². The summed E-state index contributed by atoms with van der Waals surface area (Å²) in [6.07, 6.45) is 2.05. The van der Waals surface area contributed by atoms with Gasteiger partial charge in [0, 0.05) is 31.9 Å². The van der Waals surface area contributed by atoms with Crippen LogP contribution >= 0.6 is 0 Å². The molecule has 8 heteroatoms. The van der Waals surface area contributed by atoms with Crippen molar-refractivity contribution in [3.05, 3.63) is 30.5 Å². The fourth-order valence-electron chi connectivity index (χ4n) is 3.43. The summed E-state index contributed by atoms with van der Waals surface area (Å²) in [5, 5.41) is 8.62. The summed E-state index contributed by atoms with van der Waals surface area (Å²) in [7, 11) is 3.54. The minimum absolute atomic E-state index is 0.134. The van der Waals surface area contributed by atoms with Crippen LogP contribution in [0.2, 0.25) is 0 Å². The van der Waals surface area contributed by atoms with Crippen molar-refractivity contribution in [1.82, 2.24) is 19.7 Å². The van der Waals surface area contributed by atoms with Crippen LogP contribution in [-0.2, 0) is 11.8 Å². The Labute approximate surface area is 158 Å². The first-order valence-corrected chi connectivity index (χ1v) is 9.04. The number of fused-ring (bicyclic) bond motifs is 1. The maximum absolute atomic E-state index is 5.84. The van der Waals surface area contributed by atoms with Crippen molar-refractivity contribution in [2.24, 2.45) is 7.05 Å². The molecular formula is C19H24N6O2. The Balaban J connectivity index is 1.75. The molecular weight excluding hydrogens is 344 g/mol. The Morgan fingerprint density at radius 1 is 1.19 bits per heavy atom. The summed E-state index contributed by atoms with van der Waals surface area (Å²) >= 11 is 0. The lowest BCUT2D eigenvalue weighted by atomic mass is 10.2. The van der Waals surface area contributed by atoms with Gasteiger partial charge in [-0.3, -0.25) is 4.68 Å². The second-order valence-corrected chi connectivity index (χ2v) is 6.90. The van der Waals surface area contributed by atoms with Gasteiger partial charge in [0.2, 0.25) is 5.95 Å². The number of methoxy groups -OCH3 is 1. The third kappa shape index (κ3) is 3.52. The van der Waals surface area contributed by atoms with Crippen molar-refractivity contribution in [2.75, 3.05) is 30.4 Å². The lowest BCUT2D eigenvalue weighted by Gasteiger charge is -2.35. The van der Waals surface area contributed by atoms with Gasteiger partial charge in [0.1, 0.15) is 11.6 Å². The molecule has 1 fully saturated rings. The first-order valence-electron chi connectivity index (χ1n) is 9.04. The fourth-order valence-corrected chi connectivity index (χ4v) is 3.43. The van der Waals surface area contributed by atoms with Crippen molar-refractivity contribution >= 4 is 28.5 Å². The number of rotatable bonds is 4. The van der Waals surface area contributed by atoms with E-state index in [2.05, 4.69) is 29.2 Å². The van der Waals surface area contributed by atoms with E-state index in [1.165, 1.54) is 0 Å². The summed E-state index contributed by atoms with van der Waals surface area (Å²) in [6.45, 7) is 5.65. The van der Waals surface area contributed by atoms with E-state index in [-0.39, 0.29) is 12.2 Å². The normalized spacial score (nSPS) is 20.1. The Kier molecular flexibility index (Phi) is 4.57. The summed E-state index contributed by atoms with van der Waals surface area (Å²) in [5.41, 5.74) is 1.69. The molecule has 2 unspecified atom stereocenters. The van der Waals surface area contributed by atoms with Crippen LogP contribution in [0.4, 0.5) is 17.5 Å².